The maximum atomic E-state index is 14.8. The normalized spacial score (nSPS) is 12.0. The van der Waals surface area contributed by atoms with Crippen LogP contribution in [0.2, 0.25) is 0 Å². The SMILES string of the molecule is CCC[C@H](Oc1ccc(C(=O)c2cn(CCCC(=O)OCC)c3ccccc23)cc1)c1ccc(CC(C)C)c(F)c1. The number of aryl methyl sites for hydroxylation is 1. The average Bonchev–Trinajstić information content (AvgIpc) is 3.32. The van der Waals surface area contributed by atoms with Crippen LogP contribution in [0.4, 0.5) is 4.39 Å². The highest BCUT2D eigenvalue weighted by molar-refractivity contribution is 6.16. The highest BCUT2D eigenvalue weighted by atomic mass is 19.1. The summed E-state index contributed by atoms with van der Waals surface area (Å²) >= 11 is 0. The lowest BCUT2D eigenvalue weighted by molar-refractivity contribution is -0.143. The van der Waals surface area contributed by atoms with Gasteiger partial charge in [0.25, 0.3) is 0 Å². The lowest BCUT2D eigenvalue weighted by Gasteiger charge is -2.20. The van der Waals surface area contributed by atoms with Crippen molar-refractivity contribution in [3.63, 3.8) is 0 Å². The Morgan fingerprint density at radius 1 is 0.976 bits per heavy atom. The number of aromatic nitrogens is 1. The lowest BCUT2D eigenvalue weighted by Crippen LogP contribution is -2.09. The molecule has 0 fully saturated rings. The maximum Gasteiger partial charge on any atom is 0.305 e. The second kappa shape index (κ2) is 14.1. The number of rotatable bonds is 14. The molecule has 4 aromatic rings. The van der Waals surface area contributed by atoms with Crippen molar-refractivity contribution in [2.75, 3.05) is 6.61 Å². The van der Waals surface area contributed by atoms with Gasteiger partial charge in [0.15, 0.2) is 5.78 Å². The zero-order chi connectivity index (χ0) is 29.4. The molecule has 3 aromatic carbocycles. The second-order valence-corrected chi connectivity index (χ2v) is 10.9. The first-order chi connectivity index (χ1) is 19.8. The highest BCUT2D eigenvalue weighted by Gasteiger charge is 2.19. The van der Waals surface area contributed by atoms with Crippen LogP contribution in [-0.2, 0) is 22.5 Å². The minimum absolute atomic E-state index is 0.0789. The van der Waals surface area contributed by atoms with Gasteiger partial charge in [-0.3, -0.25) is 9.59 Å². The Balaban J connectivity index is 1.49. The molecule has 0 saturated carbocycles. The molecule has 216 valence electrons. The van der Waals surface area contributed by atoms with Gasteiger partial charge in [0.05, 0.1) is 6.61 Å². The van der Waals surface area contributed by atoms with Crippen LogP contribution in [0.15, 0.2) is 72.9 Å². The van der Waals surface area contributed by atoms with Gasteiger partial charge in [0, 0.05) is 41.2 Å². The zero-order valence-corrected chi connectivity index (χ0v) is 24.5. The number of ether oxygens (including phenoxy) is 2. The molecule has 1 aromatic heterocycles. The molecule has 0 bridgehead atoms. The van der Waals surface area contributed by atoms with E-state index in [9.17, 15) is 14.0 Å². The van der Waals surface area contributed by atoms with Crippen LogP contribution in [0.25, 0.3) is 10.9 Å². The van der Waals surface area contributed by atoms with E-state index in [-0.39, 0.29) is 23.7 Å². The summed E-state index contributed by atoms with van der Waals surface area (Å²) in [7, 11) is 0. The number of nitrogens with zero attached hydrogens (tertiary/aromatic N) is 1. The molecule has 0 aliphatic carbocycles. The Labute approximate surface area is 242 Å². The number of para-hydroxylation sites is 1. The fourth-order valence-electron chi connectivity index (χ4n) is 5.17. The van der Waals surface area contributed by atoms with Gasteiger partial charge in [-0.2, -0.15) is 0 Å². The third-order valence-electron chi connectivity index (χ3n) is 7.14. The van der Waals surface area contributed by atoms with E-state index in [2.05, 4.69) is 20.8 Å². The number of halogens is 1. The van der Waals surface area contributed by atoms with E-state index in [1.807, 2.05) is 47.2 Å². The maximum absolute atomic E-state index is 14.8. The third kappa shape index (κ3) is 7.63. The predicted octanol–water partition coefficient (Wildman–Crippen LogP) is 8.47. The van der Waals surface area contributed by atoms with E-state index in [0.717, 1.165) is 34.9 Å². The van der Waals surface area contributed by atoms with E-state index in [1.165, 1.54) is 0 Å². The Morgan fingerprint density at radius 2 is 1.73 bits per heavy atom. The topological polar surface area (TPSA) is 57.5 Å². The molecule has 0 N–H and O–H groups in total. The molecule has 1 heterocycles. The van der Waals surface area contributed by atoms with Gasteiger partial charge in [0.2, 0.25) is 0 Å². The van der Waals surface area contributed by atoms with Gasteiger partial charge in [-0.05, 0) is 79.6 Å². The number of hydrogen-bond donors (Lipinski definition) is 0. The number of ketones is 1. The fourth-order valence-corrected chi connectivity index (χ4v) is 5.17. The van der Waals surface area contributed by atoms with Crippen molar-refractivity contribution in [3.8, 4) is 5.75 Å². The minimum Gasteiger partial charge on any atom is -0.486 e. The average molecular weight is 558 g/mol. The lowest BCUT2D eigenvalue weighted by atomic mass is 9.98. The van der Waals surface area contributed by atoms with E-state index in [1.54, 1.807) is 37.3 Å². The van der Waals surface area contributed by atoms with Crippen molar-refractivity contribution >= 4 is 22.7 Å². The Hall–Kier alpha value is -3.93. The molecule has 0 radical (unpaired) electrons. The molecular weight excluding hydrogens is 517 g/mol. The number of fused-ring (bicyclic) bond motifs is 1. The van der Waals surface area contributed by atoms with Crippen LogP contribution in [0, 0.1) is 11.7 Å². The molecule has 0 spiro atoms. The summed E-state index contributed by atoms with van der Waals surface area (Å²) in [4.78, 5) is 25.3. The molecule has 41 heavy (non-hydrogen) atoms. The van der Waals surface area contributed by atoms with Crippen molar-refractivity contribution in [3.05, 3.63) is 101 Å². The van der Waals surface area contributed by atoms with E-state index >= 15 is 0 Å². The first kappa shape index (κ1) is 30.0. The molecule has 5 nitrogen and oxygen atoms in total. The molecule has 0 unspecified atom stereocenters. The van der Waals surface area contributed by atoms with E-state index in [4.69, 9.17) is 9.47 Å². The smallest absolute Gasteiger partial charge is 0.305 e. The molecule has 0 saturated heterocycles. The summed E-state index contributed by atoms with van der Waals surface area (Å²) in [6, 6.07) is 20.4. The number of hydrogen-bond acceptors (Lipinski definition) is 4. The highest BCUT2D eigenvalue weighted by Crippen LogP contribution is 2.30. The fraction of sp³-hybridized carbons (Fsp3) is 0.371. The van der Waals surface area contributed by atoms with Crippen molar-refractivity contribution < 1.29 is 23.5 Å². The van der Waals surface area contributed by atoms with E-state index in [0.29, 0.717) is 55.2 Å². The summed E-state index contributed by atoms with van der Waals surface area (Å²) < 4.78 is 28.1. The van der Waals surface area contributed by atoms with Crippen LogP contribution >= 0.6 is 0 Å². The largest absolute Gasteiger partial charge is 0.486 e. The quantitative estimate of drug-likeness (QED) is 0.115. The van der Waals surface area contributed by atoms with E-state index < -0.39 is 0 Å². The molecule has 6 heteroatoms. The first-order valence-electron chi connectivity index (χ1n) is 14.6. The van der Waals surface area contributed by atoms with Gasteiger partial charge in [0.1, 0.15) is 17.7 Å². The summed E-state index contributed by atoms with van der Waals surface area (Å²) in [5.41, 5.74) is 3.66. The van der Waals surface area contributed by atoms with Crippen molar-refractivity contribution in [1.82, 2.24) is 4.57 Å². The van der Waals surface area contributed by atoms with Crippen LogP contribution in [0.1, 0.15) is 86.5 Å². The number of esters is 1. The second-order valence-electron chi connectivity index (χ2n) is 10.9. The molecule has 0 aliphatic rings. The summed E-state index contributed by atoms with van der Waals surface area (Å²) in [5, 5.41) is 0.875. The zero-order valence-electron chi connectivity index (χ0n) is 24.5. The summed E-state index contributed by atoms with van der Waals surface area (Å²) in [6.45, 7) is 9.02. The minimum atomic E-state index is -0.281. The molecular formula is C35H40FNO4. The molecule has 1 atom stereocenters. The molecule has 0 aliphatic heterocycles. The first-order valence-corrected chi connectivity index (χ1v) is 14.6. The standard InChI is InChI=1S/C35H40FNO4/c1-5-10-33(27-15-14-26(21-24(3)4)31(36)22-27)41-28-18-16-25(17-19-28)35(39)30-23-37(20-9-13-34(38)40-6-2)32-12-8-7-11-29(30)32/h7-8,11-12,14-19,22-24,33H,5-6,9-10,13,20-21H2,1-4H3/t33-/m0/s1. The monoisotopic (exact) mass is 557 g/mol. The van der Waals surface area contributed by atoms with Gasteiger partial charge in [-0.25, -0.2) is 4.39 Å². The Morgan fingerprint density at radius 3 is 2.41 bits per heavy atom. The Bertz CT molecular complexity index is 1470. The Kier molecular flexibility index (Phi) is 10.3. The number of carbonyl (C=O) groups excluding carboxylic acids is 2. The van der Waals surface area contributed by atoms with Crippen LogP contribution in [0.3, 0.4) is 0 Å². The van der Waals surface area contributed by atoms with Crippen LogP contribution < -0.4 is 4.74 Å². The summed E-state index contributed by atoms with van der Waals surface area (Å²) in [5.74, 6) is 0.531. The van der Waals surface area contributed by atoms with Crippen molar-refractivity contribution in [2.45, 2.75) is 72.4 Å². The molecule has 4 rings (SSSR count). The van der Waals surface area contributed by atoms with Gasteiger partial charge in [-0.1, -0.05) is 57.5 Å². The molecule has 0 amide bonds. The summed E-state index contributed by atoms with van der Waals surface area (Å²) in [6.07, 6.45) is 4.89. The van der Waals surface area contributed by atoms with Crippen LogP contribution in [-0.4, -0.2) is 22.9 Å². The predicted molar refractivity (Wildman–Crippen MR) is 161 cm³/mol. The van der Waals surface area contributed by atoms with Gasteiger partial charge >= 0.3 is 5.97 Å². The van der Waals surface area contributed by atoms with Gasteiger partial charge < -0.3 is 14.0 Å². The number of benzene rings is 3. The van der Waals surface area contributed by atoms with Gasteiger partial charge in [-0.15, -0.1) is 0 Å². The van der Waals surface area contributed by atoms with Crippen LogP contribution in [0.5, 0.6) is 5.75 Å². The number of carbonyl (C=O) groups is 2. The van der Waals surface area contributed by atoms with Crippen molar-refractivity contribution in [1.29, 1.82) is 0 Å². The third-order valence-corrected chi connectivity index (χ3v) is 7.14. The van der Waals surface area contributed by atoms with Crippen molar-refractivity contribution in [2.24, 2.45) is 5.92 Å².